The molecule has 2 heterocycles. The van der Waals surface area contributed by atoms with Crippen LogP contribution in [0.1, 0.15) is 21.1 Å². The third-order valence-corrected chi connectivity index (χ3v) is 3.64. The second-order valence-electron chi connectivity index (χ2n) is 4.83. The van der Waals surface area contributed by atoms with Crippen molar-refractivity contribution in [2.45, 2.75) is 13.5 Å². The lowest BCUT2D eigenvalue weighted by Crippen LogP contribution is -2.27. The molecule has 20 heavy (non-hydrogen) atoms. The first-order valence-electron chi connectivity index (χ1n) is 6.28. The number of hydrogen-bond acceptors (Lipinski definition) is 5. The zero-order chi connectivity index (χ0) is 14.7. The van der Waals surface area contributed by atoms with E-state index in [1.165, 1.54) is 0 Å². The van der Waals surface area contributed by atoms with Crippen molar-refractivity contribution in [2.75, 3.05) is 26.0 Å². The van der Waals surface area contributed by atoms with E-state index in [0.29, 0.717) is 18.2 Å². The van der Waals surface area contributed by atoms with Crippen LogP contribution in [-0.2, 0) is 6.54 Å². The molecule has 1 amide bonds. The molecular formula is C14H18N4OS. The Bertz CT molecular complexity index is 595. The maximum absolute atomic E-state index is 12.4. The van der Waals surface area contributed by atoms with Crippen molar-refractivity contribution >= 4 is 23.2 Å². The fourth-order valence-corrected chi connectivity index (χ4v) is 2.52. The van der Waals surface area contributed by atoms with E-state index in [-0.39, 0.29) is 5.91 Å². The van der Waals surface area contributed by atoms with E-state index < -0.39 is 0 Å². The number of nitrogens with zero attached hydrogens (tertiary/aromatic N) is 4. The highest BCUT2D eigenvalue weighted by Crippen LogP contribution is 2.14. The van der Waals surface area contributed by atoms with Crippen LogP contribution in [0.5, 0.6) is 0 Å². The van der Waals surface area contributed by atoms with E-state index in [1.807, 2.05) is 38.5 Å². The zero-order valence-electron chi connectivity index (χ0n) is 12.1. The Morgan fingerprint density at radius 3 is 2.65 bits per heavy atom. The first-order chi connectivity index (χ1) is 9.47. The van der Waals surface area contributed by atoms with Gasteiger partial charge in [0.05, 0.1) is 6.54 Å². The highest BCUT2D eigenvalue weighted by Gasteiger charge is 2.16. The third-order valence-electron chi connectivity index (χ3n) is 2.78. The van der Waals surface area contributed by atoms with Gasteiger partial charge in [-0.25, -0.2) is 9.97 Å². The summed E-state index contributed by atoms with van der Waals surface area (Å²) in [6, 6.07) is 5.72. The Morgan fingerprint density at radius 1 is 1.30 bits per heavy atom. The van der Waals surface area contributed by atoms with Crippen LogP contribution in [0.15, 0.2) is 23.6 Å². The summed E-state index contributed by atoms with van der Waals surface area (Å²) in [5.41, 5.74) is 1.22. The van der Waals surface area contributed by atoms with Crippen molar-refractivity contribution in [2.24, 2.45) is 0 Å². The summed E-state index contributed by atoms with van der Waals surface area (Å²) in [5, 5.41) is 2.01. The van der Waals surface area contributed by atoms with Crippen molar-refractivity contribution in [1.82, 2.24) is 14.9 Å². The van der Waals surface area contributed by atoms with Crippen LogP contribution in [0.2, 0.25) is 0 Å². The summed E-state index contributed by atoms with van der Waals surface area (Å²) in [5.74, 6) is 0.463. The van der Waals surface area contributed by atoms with E-state index in [1.54, 1.807) is 34.3 Å². The minimum atomic E-state index is -0.0907. The Morgan fingerprint density at radius 2 is 2.05 bits per heavy atom. The number of anilines is 1. The van der Waals surface area contributed by atoms with E-state index in [0.717, 1.165) is 10.6 Å². The second-order valence-corrected chi connectivity index (χ2v) is 5.86. The Labute approximate surface area is 122 Å². The van der Waals surface area contributed by atoms with Crippen molar-refractivity contribution in [3.8, 4) is 0 Å². The summed E-state index contributed by atoms with van der Waals surface area (Å²) >= 11 is 1.64. The fourth-order valence-electron chi connectivity index (χ4n) is 1.77. The van der Waals surface area contributed by atoms with Crippen molar-refractivity contribution < 1.29 is 4.79 Å². The van der Waals surface area contributed by atoms with Crippen LogP contribution in [0.3, 0.4) is 0 Å². The van der Waals surface area contributed by atoms with E-state index in [4.69, 9.17) is 0 Å². The summed E-state index contributed by atoms with van der Waals surface area (Å²) in [7, 11) is 5.51. The third kappa shape index (κ3) is 3.33. The summed E-state index contributed by atoms with van der Waals surface area (Å²) in [6.45, 7) is 2.46. The molecule has 0 aliphatic carbocycles. The smallest absolute Gasteiger partial charge is 0.272 e. The van der Waals surface area contributed by atoms with Gasteiger partial charge in [0.15, 0.2) is 0 Å². The van der Waals surface area contributed by atoms with Gasteiger partial charge in [-0.05, 0) is 24.4 Å². The molecule has 2 aromatic heterocycles. The highest BCUT2D eigenvalue weighted by atomic mass is 32.1. The molecular weight excluding hydrogens is 272 g/mol. The number of thiophene rings is 1. The molecule has 0 saturated heterocycles. The number of aromatic nitrogens is 2. The topological polar surface area (TPSA) is 49.3 Å². The van der Waals surface area contributed by atoms with Gasteiger partial charge in [-0.2, -0.15) is 0 Å². The van der Waals surface area contributed by atoms with Gasteiger partial charge in [0.1, 0.15) is 5.69 Å². The number of carbonyl (C=O) groups is 1. The summed E-state index contributed by atoms with van der Waals surface area (Å²) in [4.78, 5) is 25.6. The molecule has 5 nitrogen and oxygen atoms in total. The molecule has 0 bridgehead atoms. The van der Waals surface area contributed by atoms with Gasteiger partial charge >= 0.3 is 0 Å². The van der Waals surface area contributed by atoms with Gasteiger partial charge in [-0.1, -0.05) is 6.07 Å². The SMILES string of the molecule is Cc1cc(C(=O)N(C)Cc2cccs2)nc(N(C)C)n1. The van der Waals surface area contributed by atoms with Crippen molar-refractivity contribution in [3.05, 3.63) is 39.8 Å². The van der Waals surface area contributed by atoms with Gasteiger partial charge in [0.25, 0.3) is 5.91 Å². The standard InChI is InChI=1S/C14H18N4OS/c1-10-8-12(16-14(15-10)17(2)3)13(19)18(4)9-11-6-5-7-20-11/h5-8H,9H2,1-4H3. The number of carbonyl (C=O) groups excluding carboxylic acids is 1. The lowest BCUT2D eigenvalue weighted by molar-refractivity contribution is 0.0780. The molecule has 2 rings (SSSR count). The van der Waals surface area contributed by atoms with E-state index in [9.17, 15) is 4.79 Å². The molecule has 0 unspecified atom stereocenters. The maximum Gasteiger partial charge on any atom is 0.272 e. The molecule has 0 N–H and O–H groups in total. The van der Waals surface area contributed by atoms with E-state index in [2.05, 4.69) is 9.97 Å². The largest absolute Gasteiger partial charge is 0.347 e. The lowest BCUT2D eigenvalue weighted by atomic mass is 10.3. The molecule has 0 aliphatic heterocycles. The number of aryl methyl sites for hydroxylation is 1. The highest BCUT2D eigenvalue weighted by molar-refractivity contribution is 7.09. The average Bonchev–Trinajstić information content (AvgIpc) is 2.89. The molecule has 0 spiro atoms. The zero-order valence-corrected chi connectivity index (χ0v) is 12.9. The van der Waals surface area contributed by atoms with Crippen LogP contribution in [0.4, 0.5) is 5.95 Å². The molecule has 0 aliphatic rings. The number of amides is 1. The van der Waals surface area contributed by atoms with Crippen molar-refractivity contribution in [3.63, 3.8) is 0 Å². The van der Waals surface area contributed by atoms with Gasteiger partial charge in [0.2, 0.25) is 5.95 Å². The molecule has 106 valence electrons. The normalized spacial score (nSPS) is 10.4. The molecule has 0 aromatic carbocycles. The van der Waals surface area contributed by atoms with Gasteiger partial charge in [-0.15, -0.1) is 11.3 Å². The minimum absolute atomic E-state index is 0.0907. The molecule has 0 radical (unpaired) electrons. The Hall–Kier alpha value is -1.95. The molecule has 0 atom stereocenters. The van der Waals surface area contributed by atoms with Crippen LogP contribution in [-0.4, -0.2) is 41.9 Å². The van der Waals surface area contributed by atoms with Crippen LogP contribution in [0, 0.1) is 6.92 Å². The fraction of sp³-hybridized carbons (Fsp3) is 0.357. The van der Waals surface area contributed by atoms with Crippen molar-refractivity contribution in [1.29, 1.82) is 0 Å². The van der Waals surface area contributed by atoms with Crippen LogP contribution < -0.4 is 4.90 Å². The monoisotopic (exact) mass is 290 g/mol. The number of hydrogen-bond donors (Lipinski definition) is 0. The Kier molecular flexibility index (Phi) is 4.34. The average molecular weight is 290 g/mol. The summed E-state index contributed by atoms with van der Waals surface area (Å²) < 4.78 is 0. The molecule has 6 heteroatoms. The molecule has 0 saturated carbocycles. The first-order valence-corrected chi connectivity index (χ1v) is 7.16. The Balaban J connectivity index is 2.19. The quantitative estimate of drug-likeness (QED) is 0.866. The predicted molar refractivity (Wildman–Crippen MR) is 81.2 cm³/mol. The summed E-state index contributed by atoms with van der Waals surface area (Å²) in [6.07, 6.45) is 0. The van der Waals surface area contributed by atoms with E-state index >= 15 is 0 Å². The maximum atomic E-state index is 12.4. The van der Waals surface area contributed by atoms with Gasteiger partial charge in [-0.3, -0.25) is 4.79 Å². The second kappa shape index (κ2) is 6.00. The number of rotatable bonds is 4. The molecule has 2 aromatic rings. The predicted octanol–water partition coefficient (Wildman–Crippen LogP) is 2.18. The van der Waals surface area contributed by atoms with Crippen LogP contribution >= 0.6 is 11.3 Å². The van der Waals surface area contributed by atoms with Crippen LogP contribution in [0.25, 0.3) is 0 Å². The van der Waals surface area contributed by atoms with Gasteiger partial charge < -0.3 is 9.80 Å². The molecule has 0 fully saturated rings. The lowest BCUT2D eigenvalue weighted by Gasteiger charge is -2.17. The first kappa shape index (κ1) is 14.5. The minimum Gasteiger partial charge on any atom is -0.347 e. The van der Waals surface area contributed by atoms with Gasteiger partial charge in [0, 0.05) is 31.7 Å².